The summed E-state index contributed by atoms with van der Waals surface area (Å²) in [4.78, 5) is 11.0. The molecule has 1 atom stereocenters. The molecule has 0 saturated heterocycles. The van der Waals surface area contributed by atoms with E-state index in [4.69, 9.17) is 5.11 Å². The van der Waals surface area contributed by atoms with Gasteiger partial charge >= 0.3 is 5.97 Å². The molecule has 0 spiro atoms. The lowest BCUT2D eigenvalue weighted by Gasteiger charge is -2.28. The van der Waals surface area contributed by atoms with E-state index in [-0.39, 0.29) is 16.9 Å². The van der Waals surface area contributed by atoms with Crippen LogP contribution in [0.2, 0.25) is 0 Å². The number of carboxylic acid groups (broad SMARTS) is 1. The van der Waals surface area contributed by atoms with Crippen molar-refractivity contribution in [2.45, 2.75) is 38.6 Å². The smallest absolute Gasteiger partial charge is 0.339 e. The number of hydrogen-bond donors (Lipinski definition) is 2. The number of aromatic hydroxyl groups is 1. The van der Waals surface area contributed by atoms with E-state index >= 15 is 0 Å². The zero-order valence-corrected chi connectivity index (χ0v) is 13.6. The third-order valence-corrected chi connectivity index (χ3v) is 5.81. The Morgan fingerprint density at radius 1 is 1.24 bits per heavy atom. The van der Waals surface area contributed by atoms with Crippen molar-refractivity contribution in [3.8, 4) is 5.75 Å². The van der Waals surface area contributed by atoms with Crippen molar-refractivity contribution >= 4 is 16.0 Å². The molecule has 0 saturated carbocycles. The highest BCUT2D eigenvalue weighted by Gasteiger charge is 2.29. The summed E-state index contributed by atoms with van der Waals surface area (Å²) in [6.07, 6.45) is 0. The predicted molar refractivity (Wildman–Crippen MR) is 79.1 cm³/mol. The minimum Gasteiger partial charge on any atom is -0.507 e. The highest BCUT2D eigenvalue weighted by atomic mass is 32.2. The summed E-state index contributed by atoms with van der Waals surface area (Å²) in [6.45, 7) is 7.12. The van der Waals surface area contributed by atoms with Crippen LogP contribution in [0.4, 0.5) is 0 Å². The number of carboxylic acids is 1. The molecule has 0 amide bonds. The zero-order chi connectivity index (χ0) is 16.5. The number of benzene rings is 1. The lowest BCUT2D eigenvalue weighted by Crippen LogP contribution is -2.38. The van der Waals surface area contributed by atoms with Gasteiger partial charge in [0.25, 0.3) is 0 Å². The summed E-state index contributed by atoms with van der Waals surface area (Å²) < 4.78 is 26.5. The molecule has 118 valence electrons. The molecule has 1 aromatic rings. The van der Waals surface area contributed by atoms with Gasteiger partial charge in [-0.1, -0.05) is 13.8 Å². The van der Waals surface area contributed by atoms with E-state index in [1.165, 1.54) is 18.3 Å². The lowest BCUT2D eigenvalue weighted by molar-refractivity contribution is 0.0693. The second kappa shape index (κ2) is 6.03. The number of carbonyl (C=O) groups is 1. The van der Waals surface area contributed by atoms with Gasteiger partial charge in [0.2, 0.25) is 10.0 Å². The molecule has 2 N–H and O–H groups in total. The minimum absolute atomic E-state index is 0.104. The standard InChI is InChI=1S/C14H21NO5S/c1-8(2)10(4)15(5)21(19,20)13-7-11(14(17)18)12(16)6-9(13)3/h6-8,10,16H,1-5H3,(H,17,18). The largest absolute Gasteiger partial charge is 0.507 e. The van der Waals surface area contributed by atoms with Crippen LogP contribution in [0, 0.1) is 12.8 Å². The summed E-state index contributed by atoms with van der Waals surface area (Å²) in [5, 5.41) is 18.6. The number of hydrogen-bond acceptors (Lipinski definition) is 4. The molecule has 6 nitrogen and oxygen atoms in total. The fourth-order valence-electron chi connectivity index (χ4n) is 1.92. The van der Waals surface area contributed by atoms with Gasteiger partial charge in [0.05, 0.1) is 4.90 Å². The van der Waals surface area contributed by atoms with Crippen LogP contribution in [0.15, 0.2) is 17.0 Å². The maximum atomic E-state index is 12.6. The van der Waals surface area contributed by atoms with Crippen molar-refractivity contribution in [3.63, 3.8) is 0 Å². The maximum Gasteiger partial charge on any atom is 0.339 e. The van der Waals surface area contributed by atoms with Crippen LogP contribution < -0.4 is 0 Å². The molecule has 1 rings (SSSR count). The highest BCUT2D eigenvalue weighted by Crippen LogP contribution is 2.28. The molecule has 0 fully saturated rings. The second-order valence-electron chi connectivity index (χ2n) is 5.45. The number of phenols is 1. The summed E-state index contributed by atoms with van der Waals surface area (Å²) in [6, 6.07) is 1.92. The van der Waals surface area contributed by atoms with Crippen molar-refractivity contribution in [1.29, 1.82) is 0 Å². The molecule has 0 bridgehead atoms. The highest BCUT2D eigenvalue weighted by molar-refractivity contribution is 7.89. The van der Waals surface area contributed by atoms with Crippen LogP contribution in [0.5, 0.6) is 5.75 Å². The Morgan fingerprint density at radius 2 is 1.76 bits per heavy atom. The third kappa shape index (κ3) is 3.36. The first-order valence-electron chi connectivity index (χ1n) is 6.55. The normalized spacial score (nSPS) is 13.7. The summed E-state index contributed by atoms with van der Waals surface area (Å²) >= 11 is 0. The quantitative estimate of drug-likeness (QED) is 0.867. The molecular weight excluding hydrogens is 294 g/mol. The van der Waals surface area contributed by atoms with Gasteiger partial charge in [-0.25, -0.2) is 13.2 Å². The van der Waals surface area contributed by atoms with Crippen molar-refractivity contribution in [1.82, 2.24) is 4.31 Å². The summed E-state index contributed by atoms with van der Waals surface area (Å²) in [5.41, 5.74) is -0.120. The van der Waals surface area contributed by atoms with Gasteiger partial charge in [-0.2, -0.15) is 4.31 Å². The van der Waals surface area contributed by atoms with Crippen LogP contribution in [-0.4, -0.2) is 42.0 Å². The number of aromatic carboxylic acids is 1. The molecule has 0 aliphatic carbocycles. The molecule has 0 heterocycles. The molecular formula is C14H21NO5S. The molecule has 1 unspecified atom stereocenters. The van der Waals surface area contributed by atoms with Gasteiger partial charge in [0.1, 0.15) is 11.3 Å². The first-order valence-corrected chi connectivity index (χ1v) is 7.99. The van der Waals surface area contributed by atoms with Crippen molar-refractivity contribution in [2.24, 2.45) is 5.92 Å². The fraction of sp³-hybridized carbons (Fsp3) is 0.500. The fourth-order valence-corrected chi connectivity index (χ4v) is 3.64. The van der Waals surface area contributed by atoms with E-state index in [2.05, 4.69) is 0 Å². The van der Waals surface area contributed by atoms with Gasteiger partial charge < -0.3 is 10.2 Å². The number of aryl methyl sites for hydroxylation is 1. The van der Waals surface area contributed by atoms with Crippen LogP contribution in [0.25, 0.3) is 0 Å². The molecule has 0 aliphatic heterocycles. The lowest BCUT2D eigenvalue weighted by atomic mass is 10.1. The monoisotopic (exact) mass is 315 g/mol. The average Bonchev–Trinajstić information content (AvgIpc) is 2.35. The first kappa shape index (κ1) is 17.5. The zero-order valence-electron chi connectivity index (χ0n) is 12.8. The van der Waals surface area contributed by atoms with Crippen LogP contribution in [-0.2, 0) is 10.0 Å². The Bertz CT molecular complexity index is 652. The Kier molecular flexibility index (Phi) is 5.01. The molecule has 0 aliphatic rings. The van der Waals surface area contributed by atoms with Gasteiger partial charge in [-0.05, 0) is 37.5 Å². The van der Waals surface area contributed by atoms with Crippen LogP contribution >= 0.6 is 0 Å². The van der Waals surface area contributed by atoms with Crippen molar-refractivity contribution in [2.75, 3.05) is 7.05 Å². The summed E-state index contributed by atoms with van der Waals surface area (Å²) in [7, 11) is -2.36. The van der Waals surface area contributed by atoms with Crippen molar-refractivity contribution < 1.29 is 23.4 Å². The first-order chi connectivity index (χ1) is 9.50. The van der Waals surface area contributed by atoms with Gasteiger partial charge in [-0.15, -0.1) is 0 Å². The molecule has 0 radical (unpaired) electrons. The SMILES string of the molecule is Cc1cc(O)c(C(=O)O)cc1S(=O)(=O)N(C)C(C)C(C)C. The molecule has 21 heavy (non-hydrogen) atoms. The van der Waals surface area contributed by atoms with Gasteiger partial charge in [0, 0.05) is 13.1 Å². The Morgan fingerprint density at radius 3 is 2.19 bits per heavy atom. The van der Waals surface area contributed by atoms with Crippen molar-refractivity contribution in [3.05, 3.63) is 23.3 Å². The van der Waals surface area contributed by atoms with E-state index in [0.717, 1.165) is 12.1 Å². The van der Waals surface area contributed by atoms with Gasteiger partial charge in [-0.3, -0.25) is 0 Å². The Hall–Kier alpha value is -1.60. The number of rotatable bonds is 5. The Labute approximate surface area is 125 Å². The summed E-state index contributed by atoms with van der Waals surface area (Å²) in [5.74, 6) is -1.71. The third-order valence-electron chi connectivity index (χ3n) is 3.72. The van der Waals surface area contributed by atoms with Crippen LogP contribution in [0.1, 0.15) is 36.7 Å². The number of sulfonamides is 1. The number of nitrogens with zero attached hydrogens (tertiary/aromatic N) is 1. The molecule has 7 heteroatoms. The van der Waals surface area contributed by atoms with Gasteiger partial charge in [0.15, 0.2) is 0 Å². The topological polar surface area (TPSA) is 94.9 Å². The Balaban J connectivity index is 3.45. The van der Waals surface area contributed by atoms with E-state index in [1.807, 2.05) is 13.8 Å². The maximum absolute atomic E-state index is 12.6. The van der Waals surface area contributed by atoms with Crippen LogP contribution in [0.3, 0.4) is 0 Å². The second-order valence-corrected chi connectivity index (χ2v) is 7.41. The van der Waals surface area contributed by atoms with E-state index in [1.54, 1.807) is 6.92 Å². The average molecular weight is 315 g/mol. The van der Waals surface area contributed by atoms with E-state index < -0.39 is 27.3 Å². The van der Waals surface area contributed by atoms with E-state index in [0.29, 0.717) is 5.56 Å². The predicted octanol–water partition coefficient (Wildman–Crippen LogP) is 2.06. The molecule has 1 aromatic carbocycles. The minimum atomic E-state index is -3.83. The molecule has 0 aromatic heterocycles. The van der Waals surface area contributed by atoms with E-state index in [9.17, 15) is 18.3 Å².